The molecule has 1 aromatic carbocycles. The van der Waals surface area contributed by atoms with E-state index in [0.29, 0.717) is 31.7 Å². The summed E-state index contributed by atoms with van der Waals surface area (Å²) in [5, 5.41) is 27.2. The molecule has 0 radical (unpaired) electrons. The number of para-hydroxylation sites is 1. The Labute approximate surface area is 180 Å². The number of hydrogen-bond donors (Lipinski definition) is 1. The molecule has 0 spiro atoms. The van der Waals surface area contributed by atoms with Gasteiger partial charge in [0, 0.05) is 24.6 Å². The van der Waals surface area contributed by atoms with E-state index in [1.807, 2.05) is 31.2 Å². The van der Waals surface area contributed by atoms with E-state index in [-0.39, 0.29) is 17.3 Å². The van der Waals surface area contributed by atoms with Crippen LogP contribution >= 0.6 is 0 Å². The quantitative estimate of drug-likeness (QED) is 0.578. The molecule has 0 unspecified atom stereocenters. The minimum absolute atomic E-state index is 0.159. The van der Waals surface area contributed by atoms with Gasteiger partial charge < -0.3 is 14.7 Å². The molecule has 4 rings (SSSR count). The number of ether oxygens (including phenoxy) is 1. The number of aromatic nitrogens is 2. The molecule has 166 valence electrons. The largest absolute Gasteiger partial charge is 0.496 e. The van der Waals surface area contributed by atoms with Gasteiger partial charge in [-0.05, 0) is 32.3 Å². The van der Waals surface area contributed by atoms with Crippen LogP contribution in [0.1, 0.15) is 61.1 Å². The lowest BCUT2D eigenvalue weighted by atomic mass is 9.66. The fourth-order valence-electron chi connectivity index (χ4n) is 5.20. The fourth-order valence-corrected chi connectivity index (χ4v) is 5.20. The van der Waals surface area contributed by atoms with Crippen LogP contribution in [0.5, 0.6) is 5.75 Å². The number of carbonyl (C=O) groups excluding carboxylic acids is 1. The number of methoxy groups -OCH3 is 1. The molecule has 9 nitrogen and oxygen atoms in total. The van der Waals surface area contributed by atoms with Crippen molar-refractivity contribution < 1.29 is 19.6 Å². The van der Waals surface area contributed by atoms with Crippen LogP contribution in [-0.2, 0) is 6.54 Å². The number of nitrogens with zero attached hydrogens (tertiary/aromatic N) is 4. The van der Waals surface area contributed by atoms with Gasteiger partial charge in [0.2, 0.25) is 5.69 Å². The van der Waals surface area contributed by atoms with Crippen LogP contribution in [0.25, 0.3) is 0 Å². The average Bonchev–Trinajstić information content (AvgIpc) is 3.22. The van der Waals surface area contributed by atoms with Crippen molar-refractivity contribution >= 4 is 11.6 Å². The number of amides is 1. The lowest BCUT2D eigenvalue weighted by molar-refractivity contribution is -0.385. The highest BCUT2D eigenvalue weighted by molar-refractivity contribution is 5.96. The second kappa shape index (κ2) is 8.30. The number of benzene rings is 1. The highest BCUT2D eigenvalue weighted by Gasteiger charge is 2.51. The zero-order valence-corrected chi connectivity index (χ0v) is 17.9. The number of fused-ring (bicyclic) bond motifs is 1. The number of aryl methyl sites for hydroxylation is 1. The van der Waals surface area contributed by atoms with Gasteiger partial charge >= 0.3 is 5.69 Å². The summed E-state index contributed by atoms with van der Waals surface area (Å²) in [6.45, 7) is 2.53. The number of nitro groups is 1. The van der Waals surface area contributed by atoms with Gasteiger partial charge in [0.25, 0.3) is 5.91 Å². The first-order chi connectivity index (χ1) is 14.9. The van der Waals surface area contributed by atoms with Gasteiger partial charge in [-0.1, -0.05) is 31.0 Å². The normalized spacial score (nSPS) is 25.7. The van der Waals surface area contributed by atoms with E-state index in [1.54, 1.807) is 12.0 Å². The van der Waals surface area contributed by atoms with E-state index in [1.165, 1.54) is 10.9 Å². The van der Waals surface area contributed by atoms with Crippen LogP contribution < -0.4 is 4.74 Å². The average molecular weight is 428 g/mol. The van der Waals surface area contributed by atoms with Crippen LogP contribution in [0.4, 0.5) is 5.69 Å². The molecule has 1 aromatic heterocycles. The molecule has 31 heavy (non-hydrogen) atoms. The van der Waals surface area contributed by atoms with Gasteiger partial charge in [0.15, 0.2) is 0 Å². The maximum Gasteiger partial charge on any atom is 0.320 e. The number of carbonyl (C=O) groups is 1. The Morgan fingerprint density at radius 3 is 2.84 bits per heavy atom. The SMILES string of the molecule is CCn1cc([N+](=O)[O-])c(C(=O)N2CC[C@]3(O)CCCC[C@H]3[C@H]2c2ccccc2OC)n1. The lowest BCUT2D eigenvalue weighted by Crippen LogP contribution is -2.56. The predicted octanol–water partition coefficient (Wildman–Crippen LogP) is 3.33. The molecule has 9 heteroatoms. The summed E-state index contributed by atoms with van der Waals surface area (Å²) in [6.07, 6.45) is 5.12. The third kappa shape index (κ3) is 3.67. The van der Waals surface area contributed by atoms with Crippen molar-refractivity contribution in [3.05, 3.63) is 51.8 Å². The van der Waals surface area contributed by atoms with Gasteiger partial charge in [-0.3, -0.25) is 19.6 Å². The summed E-state index contributed by atoms with van der Waals surface area (Å²) < 4.78 is 6.99. The smallest absolute Gasteiger partial charge is 0.320 e. The Bertz CT molecular complexity index is 990. The van der Waals surface area contributed by atoms with Gasteiger partial charge in [-0.15, -0.1) is 0 Å². The number of hydrogen-bond acceptors (Lipinski definition) is 6. The van der Waals surface area contributed by atoms with Crippen molar-refractivity contribution in [3.8, 4) is 5.75 Å². The standard InChI is InChI=1S/C22H28N4O5/c1-3-24-14-17(26(29)30)19(23-24)21(27)25-13-12-22(28)11-7-6-9-16(22)20(25)15-8-4-5-10-18(15)31-2/h4-5,8,10,14,16,20,28H,3,6-7,9,11-13H2,1-2H3/t16-,20+,22+/m0/s1. The van der Waals surface area contributed by atoms with E-state index in [2.05, 4.69) is 5.10 Å². The van der Waals surface area contributed by atoms with Crippen molar-refractivity contribution in [1.82, 2.24) is 14.7 Å². The Kier molecular flexibility index (Phi) is 5.70. The molecule has 3 atom stereocenters. The zero-order valence-electron chi connectivity index (χ0n) is 17.9. The van der Waals surface area contributed by atoms with Crippen molar-refractivity contribution in [3.63, 3.8) is 0 Å². The maximum atomic E-state index is 13.6. The summed E-state index contributed by atoms with van der Waals surface area (Å²) >= 11 is 0. The number of rotatable bonds is 5. The number of aliphatic hydroxyl groups is 1. The molecule has 2 heterocycles. The van der Waals surface area contributed by atoms with Crippen LogP contribution in [0.3, 0.4) is 0 Å². The summed E-state index contributed by atoms with van der Waals surface area (Å²) in [7, 11) is 1.58. The highest BCUT2D eigenvalue weighted by Crippen LogP contribution is 2.51. The molecule has 2 fully saturated rings. The monoisotopic (exact) mass is 428 g/mol. The third-order valence-corrected chi connectivity index (χ3v) is 6.75. The summed E-state index contributed by atoms with van der Waals surface area (Å²) in [6, 6.07) is 7.03. The van der Waals surface area contributed by atoms with Crippen molar-refractivity contribution in [2.24, 2.45) is 5.92 Å². The molecule has 1 aliphatic heterocycles. The van der Waals surface area contributed by atoms with Gasteiger partial charge in [-0.2, -0.15) is 5.10 Å². The van der Waals surface area contributed by atoms with E-state index in [0.717, 1.165) is 24.8 Å². The molecule has 1 N–H and O–H groups in total. The topological polar surface area (TPSA) is 111 Å². The lowest BCUT2D eigenvalue weighted by Gasteiger charge is -2.52. The predicted molar refractivity (Wildman–Crippen MR) is 113 cm³/mol. The summed E-state index contributed by atoms with van der Waals surface area (Å²) in [5.74, 6) is -0.0290. The molecule has 2 aliphatic rings. The molecule has 2 aromatic rings. The Balaban J connectivity index is 1.81. The van der Waals surface area contributed by atoms with Crippen molar-refractivity contribution in [1.29, 1.82) is 0 Å². The van der Waals surface area contributed by atoms with Crippen LogP contribution in [0.2, 0.25) is 0 Å². The Morgan fingerprint density at radius 2 is 2.13 bits per heavy atom. The van der Waals surface area contributed by atoms with Crippen LogP contribution in [0.15, 0.2) is 30.5 Å². The maximum absolute atomic E-state index is 13.6. The van der Waals surface area contributed by atoms with Crippen molar-refractivity contribution in [2.45, 2.75) is 57.2 Å². The second-order valence-electron chi connectivity index (χ2n) is 8.37. The molecular weight excluding hydrogens is 400 g/mol. The van der Waals surface area contributed by atoms with E-state index < -0.39 is 22.5 Å². The first-order valence-electron chi connectivity index (χ1n) is 10.8. The minimum Gasteiger partial charge on any atom is -0.496 e. The Hall–Kier alpha value is -2.94. The first-order valence-corrected chi connectivity index (χ1v) is 10.8. The van der Waals surface area contributed by atoms with Crippen molar-refractivity contribution in [2.75, 3.05) is 13.7 Å². The van der Waals surface area contributed by atoms with E-state index >= 15 is 0 Å². The highest BCUT2D eigenvalue weighted by atomic mass is 16.6. The molecular formula is C22H28N4O5. The van der Waals surface area contributed by atoms with Gasteiger partial charge in [-0.25, -0.2) is 0 Å². The van der Waals surface area contributed by atoms with Gasteiger partial charge in [0.05, 0.1) is 23.7 Å². The molecule has 1 aliphatic carbocycles. The Morgan fingerprint density at radius 1 is 1.35 bits per heavy atom. The third-order valence-electron chi connectivity index (χ3n) is 6.75. The van der Waals surface area contributed by atoms with Crippen LogP contribution in [0, 0.1) is 16.0 Å². The second-order valence-corrected chi connectivity index (χ2v) is 8.37. The molecule has 0 bridgehead atoms. The minimum atomic E-state index is -0.866. The molecule has 1 saturated carbocycles. The first kappa shape index (κ1) is 21.3. The van der Waals surface area contributed by atoms with Crippen LogP contribution in [-0.4, -0.2) is 49.9 Å². The number of likely N-dealkylation sites (tertiary alicyclic amines) is 1. The summed E-state index contributed by atoms with van der Waals surface area (Å²) in [5.41, 5.74) is -0.515. The van der Waals surface area contributed by atoms with Gasteiger partial charge in [0.1, 0.15) is 11.9 Å². The number of piperidine rings is 1. The van der Waals surface area contributed by atoms with E-state index in [4.69, 9.17) is 4.74 Å². The molecule has 1 saturated heterocycles. The van der Waals surface area contributed by atoms with E-state index in [9.17, 15) is 20.0 Å². The zero-order chi connectivity index (χ0) is 22.2. The summed E-state index contributed by atoms with van der Waals surface area (Å²) in [4.78, 5) is 26.3. The molecule has 1 amide bonds. The fraction of sp³-hybridized carbons (Fsp3) is 0.545.